The van der Waals surface area contributed by atoms with Gasteiger partial charge in [0.2, 0.25) is 5.96 Å². The Hall–Kier alpha value is -0.770. The van der Waals surface area contributed by atoms with Crippen LogP contribution in [-0.4, -0.2) is 18.5 Å². The lowest BCUT2D eigenvalue weighted by atomic mass is 10.2. The highest BCUT2D eigenvalue weighted by molar-refractivity contribution is 5.79. The van der Waals surface area contributed by atoms with Gasteiger partial charge in [0.05, 0.1) is 0 Å². The van der Waals surface area contributed by atoms with Crippen LogP contribution >= 0.6 is 0 Å². The summed E-state index contributed by atoms with van der Waals surface area (Å²) in [5, 5.41) is 3.24. The Kier molecular flexibility index (Phi) is 7.20. The molecule has 14 heavy (non-hydrogen) atoms. The molecule has 0 heterocycles. The summed E-state index contributed by atoms with van der Waals surface area (Å²) in [5.41, 5.74) is 2.59. The number of hydrazine groups is 1. The molecule has 0 bridgehead atoms. The molecule has 84 valence electrons. The van der Waals surface area contributed by atoms with Gasteiger partial charge in [-0.3, -0.25) is 10.4 Å². The molecule has 0 aliphatic rings. The molecule has 4 N–H and O–H groups in total. The maximum absolute atomic E-state index is 5.36. The van der Waals surface area contributed by atoms with Crippen LogP contribution in [0.4, 0.5) is 0 Å². The Balaban J connectivity index is 3.94. The third kappa shape index (κ3) is 6.71. The lowest BCUT2D eigenvalue weighted by molar-refractivity contribution is 0.580. The number of aliphatic imine (C=N–C) groups is 1. The van der Waals surface area contributed by atoms with Crippen molar-refractivity contribution >= 4 is 5.96 Å². The minimum atomic E-state index is 0.418. The topological polar surface area (TPSA) is 62.4 Å². The van der Waals surface area contributed by atoms with Gasteiger partial charge in [0.1, 0.15) is 0 Å². The number of hydrogen-bond donors (Lipinski definition) is 3. The van der Waals surface area contributed by atoms with Crippen LogP contribution in [0.3, 0.4) is 0 Å². The van der Waals surface area contributed by atoms with Gasteiger partial charge >= 0.3 is 0 Å². The van der Waals surface area contributed by atoms with Gasteiger partial charge in [0.25, 0.3) is 0 Å². The minimum absolute atomic E-state index is 0.418. The van der Waals surface area contributed by atoms with Crippen molar-refractivity contribution in [3.05, 3.63) is 0 Å². The Morgan fingerprint density at radius 2 is 2.00 bits per heavy atom. The van der Waals surface area contributed by atoms with E-state index < -0.39 is 0 Å². The summed E-state index contributed by atoms with van der Waals surface area (Å²) in [7, 11) is 0. The highest BCUT2D eigenvalue weighted by atomic mass is 15.3. The van der Waals surface area contributed by atoms with Gasteiger partial charge in [-0.2, -0.15) is 0 Å². The second kappa shape index (κ2) is 7.62. The zero-order valence-corrected chi connectivity index (χ0v) is 9.80. The Labute approximate surface area is 87.3 Å². The van der Waals surface area contributed by atoms with Crippen molar-refractivity contribution in [1.29, 1.82) is 0 Å². The Bertz CT molecular complexity index is 166. The highest BCUT2D eigenvalue weighted by Crippen LogP contribution is 1.95. The van der Waals surface area contributed by atoms with Gasteiger partial charge in [-0.25, -0.2) is 5.84 Å². The average Bonchev–Trinajstić information content (AvgIpc) is 2.12. The maximum atomic E-state index is 5.36. The van der Waals surface area contributed by atoms with Crippen molar-refractivity contribution in [3.8, 4) is 0 Å². The molecule has 0 aromatic rings. The minimum Gasteiger partial charge on any atom is -0.353 e. The fraction of sp³-hybridized carbons (Fsp3) is 0.900. The van der Waals surface area contributed by atoms with E-state index in [4.69, 9.17) is 5.84 Å². The van der Waals surface area contributed by atoms with Crippen LogP contribution in [0.15, 0.2) is 4.99 Å². The van der Waals surface area contributed by atoms with Crippen molar-refractivity contribution in [2.45, 2.75) is 46.6 Å². The molecule has 0 aromatic heterocycles. The van der Waals surface area contributed by atoms with Gasteiger partial charge in [0.15, 0.2) is 0 Å². The van der Waals surface area contributed by atoms with Gasteiger partial charge in [-0.15, -0.1) is 0 Å². The molecule has 0 saturated heterocycles. The summed E-state index contributed by atoms with van der Waals surface area (Å²) in [4.78, 5) is 4.33. The predicted octanol–water partition coefficient (Wildman–Crippen LogP) is 1.24. The summed E-state index contributed by atoms with van der Waals surface area (Å²) < 4.78 is 0. The zero-order valence-electron chi connectivity index (χ0n) is 9.80. The number of hydrogen-bond acceptors (Lipinski definition) is 2. The first-order chi connectivity index (χ1) is 6.60. The quantitative estimate of drug-likeness (QED) is 0.271. The molecule has 1 unspecified atom stereocenters. The first-order valence-electron chi connectivity index (χ1n) is 5.37. The molecule has 1 atom stereocenters. The van der Waals surface area contributed by atoms with Crippen LogP contribution in [0.2, 0.25) is 0 Å². The van der Waals surface area contributed by atoms with Crippen LogP contribution in [0.5, 0.6) is 0 Å². The second-order valence-electron chi connectivity index (χ2n) is 4.06. The standard InChI is InChI=1S/C10H24N4/c1-5-6-9(4)13-10(14-11)12-7-8(2)3/h8-9H,5-7,11H2,1-4H3,(H2,12,13,14). The number of nitrogens with zero attached hydrogens (tertiary/aromatic N) is 1. The van der Waals surface area contributed by atoms with E-state index in [0.29, 0.717) is 17.9 Å². The van der Waals surface area contributed by atoms with Gasteiger partial charge in [-0.1, -0.05) is 27.2 Å². The first-order valence-corrected chi connectivity index (χ1v) is 5.37. The normalized spacial score (nSPS) is 14.3. The van der Waals surface area contributed by atoms with E-state index >= 15 is 0 Å². The second-order valence-corrected chi connectivity index (χ2v) is 4.06. The molecule has 4 nitrogen and oxygen atoms in total. The molecule has 0 radical (unpaired) electrons. The van der Waals surface area contributed by atoms with Crippen molar-refractivity contribution < 1.29 is 0 Å². The van der Waals surface area contributed by atoms with Crippen molar-refractivity contribution in [2.75, 3.05) is 6.54 Å². The molecule has 0 fully saturated rings. The lowest BCUT2D eigenvalue weighted by Gasteiger charge is -2.15. The molecule has 0 rings (SSSR count). The van der Waals surface area contributed by atoms with Crippen LogP contribution in [0, 0.1) is 5.92 Å². The molecule has 0 aliphatic carbocycles. The average molecular weight is 200 g/mol. The number of nitrogens with two attached hydrogens (primary N) is 1. The molecule has 4 heteroatoms. The van der Waals surface area contributed by atoms with Crippen molar-refractivity contribution in [3.63, 3.8) is 0 Å². The SMILES string of the molecule is CCCC(C)NC(=NCC(C)C)NN. The number of rotatable bonds is 5. The van der Waals surface area contributed by atoms with E-state index in [1.54, 1.807) is 0 Å². The fourth-order valence-electron chi connectivity index (χ4n) is 1.15. The number of nitrogens with one attached hydrogen (secondary N) is 2. The monoisotopic (exact) mass is 200 g/mol. The summed E-state index contributed by atoms with van der Waals surface area (Å²) in [5.74, 6) is 6.61. The third-order valence-corrected chi connectivity index (χ3v) is 1.86. The maximum Gasteiger partial charge on any atom is 0.205 e. The predicted molar refractivity (Wildman–Crippen MR) is 62.0 cm³/mol. The van der Waals surface area contributed by atoms with Crippen LogP contribution in [0.1, 0.15) is 40.5 Å². The van der Waals surface area contributed by atoms with E-state index in [1.165, 1.54) is 0 Å². The van der Waals surface area contributed by atoms with E-state index in [0.717, 1.165) is 19.4 Å². The van der Waals surface area contributed by atoms with E-state index in [-0.39, 0.29) is 0 Å². The molecule has 0 saturated carbocycles. The smallest absolute Gasteiger partial charge is 0.205 e. The number of guanidine groups is 1. The van der Waals surface area contributed by atoms with Gasteiger partial charge in [-0.05, 0) is 19.3 Å². The van der Waals surface area contributed by atoms with Gasteiger partial charge in [0, 0.05) is 12.6 Å². The molecule has 0 aromatic carbocycles. The Morgan fingerprint density at radius 1 is 1.36 bits per heavy atom. The molecular weight excluding hydrogens is 176 g/mol. The Morgan fingerprint density at radius 3 is 2.43 bits per heavy atom. The van der Waals surface area contributed by atoms with E-state index in [2.05, 4.69) is 43.4 Å². The van der Waals surface area contributed by atoms with E-state index in [1.807, 2.05) is 0 Å². The summed E-state index contributed by atoms with van der Waals surface area (Å²) in [6, 6.07) is 0.418. The van der Waals surface area contributed by atoms with Crippen LogP contribution in [0.25, 0.3) is 0 Å². The van der Waals surface area contributed by atoms with Crippen LogP contribution < -0.4 is 16.6 Å². The summed E-state index contributed by atoms with van der Waals surface area (Å²) >= 11 is 0. The highest BCUT2D eigenvalue weighted by Gasteiger charge is 2.02. The summed E-state index contributed by atoms with van der Waals surface area (Å²) in [6.07, 6.45) is 2.29. The zero-order chi connectivity index (χ0) is 11.0. The van der Waals surface area contributed by atoms with Crippen LogP contribution in [-0.2, 0) is 0 Å². The molecule has 0 spiro atoms. The fourth-order valence-corrected chi connectivity index (χ4v) is 1.15. The largest absolute Gasteiger partial charge is 0.353 e. The summed E-state index contributed by atoms with van der Waals surface area (Å²) in [6.45, 7) is 9.36. The van der Waals surface area contributed by atoms with E-state index in [9.17, 15) is 0 Å². The van der Waals surface area contributed by atoms with Crippen molar-refractivity contribution in [1.82, 2.24) is 10.7 Å². The molecule has 0 aliphatic heterocycles. The molecular formula is C10H24N4. The molecule has 0 amide bonds. The van der Waals surface area contributed by atoms with Gasteiger partial charge < -0.3 is 5.32 Å². The van der Waals surface area contributed by atoms with Crippen molar-refractivity contribution in [2.24, 2.45) is 16.8 Å². The third-order valence-electron chi connectivity index (χ3n) is 1.86. The lowest BCUT2D eigenvalue weighted by Crippen LogP contribution is -2.45. The first kappa shape index (κ1) is 13.2.